The van der Waals surface area contributed by atoms with E-state index in [2.05, 4.69) is 15.5 Å². The minimum Gasteiger partial charge on any atom is -0.373 e. The Balaban J connectivity index is 1.33. The number of ether oxygens (including phenoxy) is 1. The molecule has 2 N–H and O–H groups in total. The van der Waals surface area contributed by atoms with Crippen LogP contribution >= 0.6 is 0 Å². The van der Waals surface area contributed by atoms with Gasteiger partial charge in [0.2, 0.25) is 11.8 Å². The molecule has 25 heavy (non-hydrogen) atoms. The van der Waals surface area contributed by atoms with E-state index in [-0.39, 0.29) is 17.9 Å². The van der Waals surface area contributed by atoms with Crippen LogP contribution in [0.3, 0.4) is 0 Å². The maximum atomic E-state index is 12.2. The van der Waals surface area contributed by atoms with Crippen molar-refractivity contribution in [3.63, 3.8) is 0 Å². The van der Waals surface area contributed by atoms with Gasteiger partial charge in [0.05, 0.1) is 12.7 Å². The van der Waals surface area contributed by atoms with E-state index in [4.69, 9.17) is 4.74 Å². The molecule has 2 heterocycles. The van der Waals surface area contributed by atoms with Crippen LogP contribution in [0.5, 0.6) is 0 Å². The second-order valence-corrected chi connectivity index (χ2v) is 7.99. The molecule has 0 aromatic heterocycles. The average molecular weight is 351 g/mol. The lowest BCUT2D eigenvalue weighted by Gasteiger charge is -2.35. The molecular weight excluding hydrogens is 318 g/mol. The molecule has 6 heteroatoms. The molecule has 1 aliphatic carbocycles. The van der Waals surface area contributed by atoms with E-state index in [1.54, 1.807) is 6.92 Å². The van der Waals surface area contributed by atoms with Crippen molar-refractivity contribution in [3.8, 4) is 0 Å². The number of amides is 2. The number of morpholine rings is 1. The number of carbonyl (C=O) groups is 2. The van der Waals surface area contributed by atoms with E-state index in [1.165, 1.54) is 32.1 Å². The van der Waals surface area contributed by atoms with Crippen molar-refractivity contribution in [2.24, 2.45) is 5.92 Å². The average Bonchev–Trinajstić information content (AvgIpc) is 3.08. The molecule has 0 radical (unpaired) electrons. The number of rotatable bonds is 6. The first-order valence-electron chi connectivity index (χ1n) is 10.0. The van der Waals surface area contributed by atoms with Crippen LogP contribution in [-0.2, 0) is 14.3 Å². The van der Waals surface area contributed by atoms with Crippen molar-refractivity contribution in [3.05, 3.63) is 0 Å². The summed E-state index contributed by atoms with van der Waals surface area (Å²) in [6, 6.07) is 0.0872. The lowest BCUT2D eigenvalue weighted by atomic mass is 9.87. The van der Waals surface area contributed by atoms with Crippen LogP contribution in [0.1, 0.15) is 58.3 Å². The van der Waals surface area contributed by atoms with Gasteiger partial charge in [0.15, 0.2) is 0 Å². The van der Waals surface area contributed by atoms with Crippen molar-refractivity contribution in [2.45, 2.75) is 76.5 Å². The standard InChI is InChI=1S/C19H33N3O3/c1-14(21-18(23)10-15-6-3-2-4-7-15)19(24)20-11-17-12-22-9-5-8-16(22)13-25-17/h14-17H,2-13H2,1H3,(H,20,24)(H,21,23). The number of hydrogen-bond acceptors (Lipinski definition) is 4. The summed E-state index contributed by atoms with van der Waals surface area (Å²) in [4.78, 5) is 26.8. The zero-order valence-corrected chi connectivity index (χ0v) is 15.5. The molecule has 3 atom stereocenters. The van der Waals surface area contributed by atoms with E-state index < -0.39 is 6.04 Å². The van der Waals surface area contributed by atoms with Crippen LogP contribution in [0, 0.1) is 5.92 Å². The highest BCUT2D eigenvalue weighted by molar-refractivity contribution is 5.87. The minimum absolute atomic E-state index is 0.00312. The van der Waals surface area contributed by atoms with Crippen molar-refractivity contribution < 1.29 is 14.3 Å². The Morgan fingerprint density at radius 2 is 1.96 bits per heavy atom. The smallest absolute Gasteiger partial charge is 0.242 e. The third-order valence-corrected chi connectivity index (χ3v) is 5.94. The maximum Gasteiger partial charge on any atom is 0.242 e. The molecule has 2 saturated heterocycles. The molecule has 0 aromatic carbocycles. The summed E-state index contributed by atoms with van der Waals surface area (Å²) in [5, 5.41) is 5.79. The van der Waals surface area contributed by atoms with Gasteiger partial charge in [0.1, 0.15) is 6.04 Å². The number of carbonyl (C=O) groups excluding carboxylic acids is 2. The molecule has 3 rings (SSSR count). The van der Waals surface area contributed by atoms with Gasteiger partial charge in [-0.1, -0.05) is 19.3 Å². The van der Waals surface area contributed by atoms with Gasteiger partial charge >= 0.3 is 0 Å². The van der Waals surface area contributed by atoms with Crippen LogP contribution in [0.25, 0.3) is 0 Å². The Kier molecular flexibility index (Phi) is 6.70. The summed E-state index contributed by atoms with van der Waals surface area (Å²) in [6.07, 6.45) is 9.12. The lowest BCUT2D eigenvalue weighted by Crippen LogP contribution is -2.52. The SMILES string of the molecule is CC(NC(=O)CC1CCCCC1)C(=O)NCC1CN2CCCC2CO1. The van der Waals surface area contributed by atoms with Gasteiger partial charge in [-0.25, -0.2) is 0 Å². The first-order valence-corrected chi connectivity index (χ1v) is 10.0. The summed E-state index contributed by atoms with van der Waals surface area (Å²) in [5.74, 6) is 0.376. The fourth-order valence-electron chi connectivity index (χ4n) is 4.40. The van der Waals surface area contributed by atoms with Crippen LogP contribution in [0.4, 0.5) is 0 Å². The third-order valence-electron chi connectivity index (χ3n) is 5.94. The van der Waals surface area contributed by atoms with Crippen LogP contribution in [-0.4, -0.2) is 61.1 Å². The molecule has 1 saturated carbocycles. The van der Waals surface area contributed by atoms with Crippen LogP contribution in [0.2, 0.25) is 0 Å². The highest BCUT2D eigenvalue weighted by Crippen LogP contribution is 2.26. The van der Waals surface area contributed by atoms with Crippen LogP contribution in [0.15, 0.2) is 0 Å². The molecule has 0 spiro atoms. The molecule has 6 nitrogen and oxygen atoms in total. The molecular formula is C19H33N3O3. The summed E-state index contributed by atoms with van der Waals surface area (Å²) in [6.45, 7) is 5.09. The van der Waals surface area contributed by atoms with Crippen LogP contribution < -0.4 is 10.6 Å². The monoisotopic (exact) mass is 351 g/mol. The van der Waals surface area contributed by atoms with Crippen molar-refractivity contribution >= 4 is 11.8 Å². The number of nitrogens with one attached hydrogen (secondary N) is 2. The maximum absolute atomic E-state index is 12.2. The predicted molar refractivity (Wildman–Crippen MR) is 96.1 cm³/mol. The first kappa shape index (κ1) is 18.6. The predicted octanol–water partition coefficient (Wildman–Crippen LogP) is 1.44. The van der Waals surface area contributed by atoms with E-state index in [9.17, 15) is 9.59 Å². The van der Waals surface area contributed by atoms with Crippen molar-refractivity contribution in [1.82, 2.24) is 15.5 Å². The van der Waals surface area contributed by atoms with Gasteiger partial charge in [0, 0.05) is 25.6 Å². The zero-order chi connectivity index (χ0) is 17.6. The summed E-state index contributed by atoms with van der Waals surface area (Å²) >= 11 is 0. The molecule has 3 aliphatic rings. The van der Waals surface area contributed by atoms with E-state index in [1.807, 2.05) is 0 Å². The van der Waals surface area contributed by atoms with Gasteiger partial charge in [0.25, 0.3) is 0 Å². The second-order valence-electron chi connectivity index (χ2n) is 7.99. The van der Waals surface area contributed by atoms with E-state index in [0.717, 1.165) is 32.5 Å². The Morgan fingerprint density at radius 1 is 1.16 bits per heavy atom. The molecule has 2 amide bonds. The fourth-order valence-corrected chi connectivity index (χ4v) is 4.40. The number of fused-ring (bicyclic) bond motifs is 1. The Hall–Kier alpha value is -1.14. The van der Waals surface area contributed by atoms with E-state index in [0.29, 0.717) is 24.9 Å². The quantitative estimate of drug-likeness (QED) is 0.760. The normalized spacial score (nSPS) is 29.0. The molecule has 3 fully saturated rings. The van der Waals surface area contributed by atoms with Gasteiger partial charge in [-0.15, -0.1) is 0 Å². The van der Waals surface area contributed by atoms with E-state index >= 15 is 0 Å². The fraction of sp³-hybridized carbons (Fsp3) is 0.895. The minimum atomic E-state index is -0.487. The summed E-state index contributed by atoms with van der Waals surface area (Å²) < 4.78 is 5.86. The Labute approximate surface area is 151 Å². The van der Waals surface area contributed by atoms with Crippen molar-refractivity contribution in [2.75, 3.05) is 26.2 Å². The molecule has 0 aromatic rings. The van der Waals surface area contributed by atoms with Gasteiger partial charge in [-0.05, 0) is 45.1 Å². The lowest BCUT2D eigenvalue weighted by molar-refractivity contribution is -0.129. The van der Waals surface area contributed by atoms with Crippen molar-refractivity contribution in [1.29, 1.82) is 0 Å². The Bertz CT molecular complexity index is 465. The van der Waals surface area contributed by atoms with Gasteiger partial charge in [-0.3, -0.25) is 14.5 Å². The number of nitrogens with zero attached hydrogens (tertiary/aromatic N) is 1. The molecule has 2 aliphatic heterocycles. The highest BCUT2D eigenvalue weighted by atomic mass is 16.5. The third kappa shape index (κ3) is 5.42. The summed E-state index contributed by atoms with van der Waals surface area (Å²) in [5.41, 5.74) is 0. The molecule has 0 bridgehead atoms. The first-order chi connectivity index (χ1) is 12.1. The summed E-state index contributed by atoms with van der Waals surface area (Å²) in [7, 11) is 0. The largest absolute Gasteiger partial charge is 0.373 e. The zero-order valence-electron chi connectivity index (χ0n) is 15.5. The Morgan fingerprint density at radius 3 is 2.76 bits per heavy atom. The highest BCUT2D eigenvalue weighted by Gasteiger charge is 2.32. The second kappa shape index (κ2) is 8.99. The van der Waals surface area contributed by atoms with Gasteiger partial charge in [-0.2, -0.15) is 0 Å². The van der Waals surface area contributed by atoms with Gasteiger partial charge < -0.3 is 15.4 Å². The topological polar surface area (TPSA) is 70.7 Å². The molecule has 142 valence electrons. The molecule has 3 unspecified atom stereocenters. The number of hydrogen-bond donors (Lipinski definition) is 2.